The zero-order chi connectivity index (χ0) is 15.5. The molecule has 5 nitrogen and oxygen atoms in total. The average Bonchev–Trinajstić information content (AvgIpc) is 2.96. The van der Waals surface area contributed by atoms with Crippen LogP contribution in [0.4, 0.5) is 11.4 Å². The first-order chi connectivity index (χ1) is 10.6. The molecule has 2 aromatic rings. The Morgan fingerprint density at radius 2 is 2.00 bits per heavy atom. The van der Waals surface area contributed by atoms with Gasteiger partial charge in [0.1, 0.15) is 0 Å². The zero-order valence-corrected chi connectivity index (χ0v) is 12.1. The number of carbonyl (C=O) groups excluding carboxylic acids is 1. The van der Waals surface area contributed by atoms with Crippen LogP contribution in [-0.4, -0.2) is 12.7 Å². The van der Waals surface area contributed by atoms with E-state index in [4.69, 9.17) is 15.2 Å². The van der Waals surface area contributed by atoms with E-state index in [0.717, 1.165) is 11.1 Å². The first-order valence-corrected chi connectivity index (χ1v) is 6.87. The molecule has 0 aromatic heterocycles. The molecule has 1 aliphatic rings. The van der Waals surface area contributed by atoms with Gasteiger partial charge in [-0.1, -0.05) is 12.1 Å². The fourth-order valence-electron chi connectivity index (χ4n) is 2.09. The number of fused-ring (bicyclic) bond motifs is 1. The molecule has 0 saturated carbocycles. The molecule has 0 aliphatic carbocycles. The van der Waals surface area contributed by atoms with Crippen molar-refractivity contribution in [3.05, 3.63) is 53.6 Å². The number of nitrogen functional groups attached to an aromatic ring is 1. The SMILES string of the molecule is Cc1ccc(/C=C/C(=O)Nc2ccc3c(c2)OCO3)cc1N. The highest BCUT2D eigenvalue weighted by Crippen LogP contribution is 2.34. The quantitative estimate of drug-likeness (QED) is 0.674. The first-order valence-electron chi connectivity index (χ1n) is 6.87. The van der Waals surface area contributed by atoms with E-state index in [2.05, 4.69) is 5.32 Å². The maximum Gasteiger partial charge on any atom is 0.248 e. The highest BCUT2D eigenvalue weighted by atomic mass is 16.7. The Labute approximate surface area is 128 Å². The molecule has 1 amide bonds. The molecule has 1 heterocycles. The lowest BCUT2D eigenvalue weighted by atomic mass is 10.1. The maximum absolute atomic E-state index is 11.9. The lowest BCUT2D eigenvalue weighted by Gasteiger charge is -2.04. The molecule has 0 fully saturated rings. The minimum atomic E-state index is -0.224. The van der Waals surface area contributed by atoms with Gasteiger partial charge in [0.15, 0.2) is 11.5 Å². The monoisotopic (exact) mass is 296 g/mol. The Kier molecular flexibility index (Phi) is 3.70. The summed E-state index contributed by atoms with van der Waals surface area (Å²) >= 11 is 0. The van der Waals surface area contributed by atoms with E-state index in [9.17, 15) is 4.79 Å². The predicted octanol–water partition coefficient (Wildman–Crippen LogP) is 2.96. The smallest absolute Gasteiger partial charge is 0.248 e. The van der Waals surface area contributed by atoms with Crippen LogP contribution >= 0.6 is 0 Å². The van der Waals surface area contributed by atoms with Gasteiger partial charge in [-0.25, -0.2) is 0 Å². The number of amides is 1. The summed E-state index contributed by atoms with van der Waals surface area (Å²) in [5, 5.41) is 2.78. The van der Waals surface area contributed by atoms with E-state index in [1.807, 2.05) is 25.1 Å². The number of hydrogen-bond donors (Lipinski definition) is 2. The molecule has 112 valence electrons. The number of aryl methyl sites for hydroxylation is 1. The predicted molar refractivity (Wildman–Crippen MR) is 85.8 cm³/mol. The van der Waals surface area contributed by atoms with Crippen LogP contribution in [0.15, 0.2) is 42.5 Å². The van der Waals surface area contributed by atoms with Crippen LogP contribution in [0.2, 0.25) is 0 Å². The second kappa shape index (κ2) is 5.81. The van der Waals surface area contributed by atoms with Crippen molar-refractivity contribution in [2.24, 2.45) is 0 Å². The van der Waals surface area contributed by atoms with E-state index < -0.39 is 0 Å². The van der Waals surface area contributed by atoms with Crippen LogP contribution in [0.5, 0.6) is 11.5 Å². The normalized spacial score (nSPS) is 12.6. The third-order valence-electron chi connectivity index (χ3n) is 3.37. The van der Waals surface area contributed by atoms with Crippen LogP contribution in [0.1, 0.15) is 11.1 Å². The zero-order valence-electron chi connectivity index (χ0n) is 12.1. The van der Waals surface area contributed by atoms with Crippen molar-refractivity contribution in [3.63, 3.8) is 0 Å². The Morgan fingerprint density at radius 3 is 2.82 bits per heavy atom. The highest BCUT2D eigenvalue weighted by Gasteiger charge is 2.13. The van der Waals surface area contributed by atoms with Crippen LogP contribution in [-0.2, 0) is 4.79 Å². The number of nitrogens with two attached hydrogens (primary N) is 1. The molecule has 0 bridgehead atoms. The van der Waals surface area contributed by atoms with Gasteiger partial charge < -0.3 is 20.5 Å². The fraction of sp³-hybridized carbons (Fsp3) is 0.118. The topological polar surface area (TPSA) is 73.6 Å². The number of ether oxygens (including phenoxy) is 2. The van der Waals surface area contributed by atoms with Gasteiger partial charge >= 0.3 is 0 Å². The van der Waals surface area contributed by atoms with Gasteiger partial charge in [-0.2, -0.15) is 0 Å². The molecular weight excluding hydrogens is 280 g/mol. The number of carbonyl (C=O) groups is 1. The van der Waals surface area contributed by atoms with E-state index in [1.165, 1.54) is 6.08 Å². The van der Waals surface area contributed by atoms with Gasteiger partial charge in [-0.15, -0.1) is 0 Å². The summed E-state index contributed by atoms with van der Waals surface area (Å²) in [4.78, 5) is 11.9. The standard InChI is InChI=1S/C17H16N2O3/c1-11-2-3-12(8-14(11)18)4-7-17(20)19-13-5-6-15-16(9-13)22-10-21-15/h2-9H,10,18H2,1H3,(H,19,20)/b7-4+. The van der Waals surface area contributed by atoms with Gasteiger partial charge in [0.2, 0.25) is 12.7 Å². The molecule has 3 N–H and O–H groups in total. The number of hydrogen-bond acceptors (Lipinski definition) is 4. The van der Waals surface area contributed by atoms with Gasteiger partial charge in [-0.05, 0) is 42.3 Å². The first kappa shape index (κ1) is 14.0. The lowest BCUT2D eigenvalue weighted by Crippen LogP contribution is -2.07. The van der Waals surface area contributed by atoms with E-state index in [-0.39, 0.29) is 12.7 Å². The summed E-state index contributed by atoms with van der Waals surface area (Å²) in [6.45, 7) is 2.15. The molecule has 22 heavy (non-hydrogen) atoms. The van der Waals surface area contributed by atoms with Crippen molar-refractivity contribution in [2.75, 3.05) is 17.8 Å². The maximum atomic E-state index is 11.9. The number of anilines is 2. The van der Waals surface area contributed by atoms with Crippen molar-refractivity contribution in [2.45, 2.75) is 6.92 Å². The lowest BCUT2D eigenvalue weighted by molar-refractivity contribution is -0.111. The molecular formula is C17H16N2O3. The second-order valence-corrected chi connectivity index (χ2v) is 5.01. The molecule has 0 spiro atoms. The summed E-state index contributed by atoms with van der Waals surface area (Å²) in [6, 6.07) is 10.9. The Morgan fingerprint density at radius 1 is 1.18 bits per heavy atom. The Bertz CT molecular complexity index is 754. The van der Waals surface area contributed by atoms with Crippen LogP contribution in [0, 0.1) is 6.92 Å². The van der Waals surface area contributed by atoms with Crippen LogP contribution in [0.25, 0.3) is 6.08 Å². The molecule has 5 heteroatoms. The second-order valence-electron chi connectivity index (χ2n) is 5.01. The summed E-state index contributed by atoms with van der Waals surface area (Å²) in [5.74, 6) is 1.09. The molecule has 1 aliphatic heterocycles. The van der Waals surface area contributed by atoms with Gasteiger partial charge in [0.05, 0.1) is 0 Å². The van der Waals surface area contributed by atoms with Crippen molar-refractivity contribution >= 4 is 23.4 Å². The molecule has 3 rings (SSSR count). The largest absolute Gasteiger partial charge is 0.454 e. The van der Waals surface area contributed by atoms with E-state index in [0.29, 0.717) is 22.9 Å². The number of rotatable bonds is 3. The Hall–Kier alpha value is -2.95. The summed E-state index contributed by atoms with van der Waals surface area (Å²) in [5.41, 5.74) is 9.10. The minimum Gasteiger partial charge on any atom is -0.454 e. The molecule has 0 atom stereocenters. The minimum absolute atomic E-state index is 0.210. The van der Waals surface area contributed by atoms with Crippen LogP contribution in [0.3, 0.4) is 0 Å². The van der Waals surface area contributed by atoms with Crippen molar-refractivity contribution < 1.29 is 14.3 Å². The Balaban J connectivity index is 1.67. The third-order valence-corrected chi connectivity index (χ3v) is 3.37. The summed E-state index contributed by atoms with van der Waals surface area (Å²) in [7, 11) is 0. The highest BCUT2D eigenvalue weighted by molar-refractivity contribution is 6.02. The van der Waals surface area contributed by atoms with Gasteiger partial charge in [0.25, 0.3) is 0 Å². The van der Waals surface area contributed by atoms with E-state index >= 15 is 0 Å². The summed E-state index contributed by atoms with van der Waals surface area (Å²) < 4.78 is 10.5. The molecule has 0 saturated heterocycles. The van der Waals surface area contributed by atoms with Gasteiger partial charge in [-0.3, -0.25) is 4.79 Å². The van der Waals surface area contributed by atoms with Crippen LogP contribution < -0.4 is 20.5 Å². The third kappa shape index (κ3) is 3.03. The van der Waals surface area contributed by atoms with Crippen molar-refractivity contribution in [1.82, 2.24) is 0 Å². The number of benzene rings is 2. The van der Waals surface area contributed by atoms with Gasteiger partial charge in [0, 0.05) is 23.5 Å². The van der Waals surface area contributed by atoms with Crippen molar-refractivity contribution in [3.8, 4) is 11.5 Å². The molecule has 0 unspecified atom stereocenters. The molecule has 2 aromatic carbocycles. The van der Waals surface area contributed by atoms with Crippen molar-refractivity contribution in [1.29, 1.82) is 0 Å². The van der Waals surface area contributed by atoms with E-state index in [1.54, 1.807) is 24.3 Å². The summed E-state index contributed by atoms with van der Waals surface area (Å²) in [6.07, 6.45) is 3.19. The fourth-order valence-corrected chi connectivity index (χ4v) is 2.09. The number of nitrogens with one attached hydrogen (secondary N) is 1. The molecule has 0 radical (unpaired) electrons. The average molecular weight is 296 g/mol.